The van der Waals surface area contributed by atoms with Gasteiger partial charge in [0.1, 0.15) is 0 Å². The maximum Gasteiger partial charge on any atom is 0.0267 e. The van der Waals surface area contributed by atoms with Crippen LogP contribution in [-0.4, -0.2) is 41.1 Å². The van der Waals surface area contributed by atoms with Crippen molar-refractivity contribution in [3.05, 3.63) is 0 Å². The van der Waals surface area contributed by atoms with Gasteiger partial charge in [0, 0.05) is 36.2 Å². The fourth-order valence-electron chi connectivity index (χ4n) is 2.37. The predicted octanol–water partition coefficient (Wildman–Crippen LogP) is 2.19. The van der Waals surface area contributed by atoms with Crippen molar-refractivity contribution >= 4 is 11.8 Å². The Hall–Kier alpha value is 0.270. The highest BCUT2D eigenvalue weighted by Crippen LogP contribution is 2.33. The third-order valence-electron chi connectivity index (χ3n) is 3.12. The average Bonchev–Trinajstić information content (AvgIpc) is 2.00. The van der Waals surface area contributed by atoms with Crippen LogP contribution in [0.1, 0.15) is 34.6 Å². The first-order valence-electron chi connectivity index (χ1n) is 5.84. The summed E-state index contributed by atoms with van der Waals surface area (Å²) in [5, 5.41) is 0. The van der Waals surface area contributed by atoms with E-state index in [9.17, 15) is 0 Å². The zero-order chi connectivity index (χ0) is 11.7. The Bertz CT molecular complexity index is 208. The summed E-state index contributed by atoms with van der Waals surface area (Å²) in [6, 6.07) is 0.512. The molecule has 3 heteroatoms. The molecule has 1 heterocycles. The van der Waals surface area contributed by atoms with E-state index in [1.165, 1.54) is 12.3 Å². The second-order valence-corrected chi connectivity index (χ2v) is 8.00. The molecule has 1 rings (SSSR count). The first kappa shape index (κ1) is 13.3. The molecule has 0 saturated carbocycles. The Morgan fingerprint density at radius 2 is 2.00 bits per heavy atom. The monoisotopic (exact) mass is 230 g/mol. The molecule has 2 nitrogen and oxygen atoms in total. The minimum Gasteiger partial charge on any atom is -0.329 e. The van der Waals surface area contributed by atoms with Crippen LogP contribution >= 0.6 is 11.8 Å². The third kappa shape index (κ3) is 3.65. The lowest BCUT2D eigenvalue weighted by molar-refractivity contribution is 0.0999. The van der Waals surface area contributed by atoms with Gasteiger partial charge in [-0.15, -0.1) is 0 Å². The summed E-state index contributed by atoms with van der Waals surface area (Å²) in [5.41, 5.74) is 6.21. The number of rotatable bonds is 2. The molecule has 15 heavy (non-hydrogen) atoms. The van der Waals surface area contributed by atoms with Crippen molar-refractivity contribution in [1.29, 1.82) is 0 Å². The van der Waals surface area contributed by atoms with E-state index in [1.54, 1.807) is 0 Å². The minimum absolute atomic E-state index is 0.285. The molecular weight excluding hydrogens is 204 g/mol. The second-order valence-electron chi connectivity index (χ2n) is 6.20. The van der Waals surface area contributed by atoms with Crippen molar-refractivity contribution < 1.29 is 0 Å². The van der Waals surface area contributed by atoms with E-state index in [0.29, 0.717) is 10.8 Å². The van der Waals surface area contributed by atoms with Gasteiger partial charge in [0.15, 0.2) is 0 Å². The Balaban J connectivity index is 2.69. The van der Waals surface area contributed by atoms with Crippen LogP contribution in [0.4, 0.5) is 0 Å². The quantitative estimate of drug-likeness (QED) is 0.788. The van der Waals surface area contributed by atoms with Crippen LogP contribution in [0.2, 0.25) is 0 Å². The van der Waals surface area contributed by atoms with Gasteiger partial charge in [0.2, 0.25) is 0 Å². The molecule has 90 valence electrons. The van der Waals surface area contributed by atoms with E-state index in [0.717, 1.165) is 13.1 Å². The van der Waals surface area contributed by atoms with Crippen LogP contribution in [0, 0.1) is 5.41 Å². The van der Waals surface area contributed by atoms with Gasteiger partial charge < -0.3 is 5.73 Å². The standard InChI is InChI=1S/C12H26N2S/c1-11(2,3)10(8-13)14-6-7-15-12(4,5)9-14/h10H,6-9,13H2,1-5H3. The second kappa shape index (κ2) is 4.64. The van der Waals surface area contributed by atoms with Gasteiger partial charge in [-0.3, -0.25) is 4.90 Å². The topological polar surface area (TPSA) is 29.3 Å². The maximum atomic E-state index is 5.93. The lowest BCUT2D eigenvalue weighted by Gasteiger charge is -2.46. The number of nitrogens with two attached hydrogens (primary N) is 1. The van der Waals surface area contributed by atoms with Gasteiger partial charge >= 0.3 is 0 Å². The number of hydrogen-bond donors (Lipinski definition) is 1. The molecule has 0 aromatic carbocycles. The first-order valence-corrected chi connectivity index (χ1v) is 6.83. The SMILES string of the molecule is CC1(C)CN(C(CN)C(C)(C)C)CCS1. The van der Waals surface area contributed by atoms with Crippen LogP contribution in [0.3, 0.4) is 0 Å². The average molecular weight is 230 g/mol. The highest BCUT2D eigenvalue weighted by molar-refractivity contribution is 8.00. The Labute approximate surface area is 99.0 Å². The Morgan fingerprint density at radius 3 is 2.40 bits per heavy atom. The minimum atomic E-state index is 0.285. The van der Waals surface area contributed by atoms with Gasteiger partial charge in [0.05, 0.1) is 0 Å². The number of nitrogens with zero attached hydrogens (tertiary/aromatic N) is 1. The van der Waals surface area contributed by atoms with E-state index in [1.807, 2.05) is 0 Å². The highest BCUT2D eigenvalue weighted by atomic mass is 32.2. The smallest absolute Gasteiger partial charge is 0.0267 e. The Kier molecular flexibility index (Phi) is 4.13. The summed E-state index contributed by atoms with van der Waals surface area (Å²) in [6.45, 7) is 14.7. The van der Waals surface area contributed by atoms with Gasteiger partial charge in [-0.25, -0.2) is 0 Å². The van der Waals surface area contributed by atoms with Gasteiger partial charge in [0.25, 0.3) is 0 Å². The van der Waals surface area contributed by atoms with Crippen molar-refractivity contribution in [3.8, 4) is 0 Å². The van der Waals surface area contributed by atoms with E-state index in [2.05, 4.69) is 51.3 Å². The highest BCUT2D eigenvalue weighted by Gasteiger charge is 2.35. The molecule has 0 amide bonds. The number of hydrogen-bond acceptors (Lipinski definition) is 3. The largest absolute Gasteiger partial charge is 0.329 e. The van der Waals surface area contributed by atoms with Crippen LogP contribution in [0.15, 0.2) is 0 Å². The summed E-state index contributed by atoms with van der Waals surface area (Å²) in [4.78, 5) is 2.58. The van der Waals surface area contributed by atoms with Crippen molar-refractivity contribution in [2.75, 3.05) is 25.4 Å². The van der Waals surface area contributed by atoms with Gasteiger partial charge in [-0.05, 0) is 19.3 Å². The summed E-state index contributed by atoms with van der Waals surface area (Å²) < 4.78 is 0.386. The van der Waals surface area contributed by atoms with Gasteiger partial charge in [-0.1, -0.05) is 20.8 Å². The normalized spacial score (nSPS) is 25.2. The van der Waals surface area contributed by atoms with Crippen molar-refractivity contribution in [3.63, 3.8) is 0 Å². The van der Waals surface area contributed by atoms with Gasteiger partial charge in [-0.2, -0.15) is 11.8 Å². The lowest BCUT2D eigenvalue weighted by atomic mass is 9.85. The fourth-order valence-corrected chi connectivity index (χ4v) is 3.50. The van der Waals surface area contributed by atoms with E-state index >= 15 is 0 Å². The molecular formula is C12H26N2S. The maximum absolute atomic E-state index is 5.93. The number of thioether (sulfide) groups is 1. The van der Waals surface area contributed by atoms with Crippen LogP contribution in [0.5, 0.6) is 0 Å². The molecule has 1 aliphatic heterocycles. The van der Waals surface area contributed by atoms with Crippen molar-refractivity contribution in [2.24, 2.45) is 11.1 Å². The van der Waals surface area contributed by atoms with Crippen molar-refractivity contribution in [1.82, 2.24) is 4.90 Å². The molecule has 1 fully saturated rings. The molecule has 0 aliphatic carbocycles. The van der Waals surface area contributed by atoms with E-state index < -0.39 is 0 Å². The van der Waals surface area contributed by atoms with Crippen LogP contribution in [-0.2, 0) is 0 Å². The summed E-state index contributed by atoms with van der Waals surface area (Å²) in [5.74, 6) is 1.24. The first-order chi connectivity index (χ1) is 6.76. The predicted molar refractivity (Wildman–Crippen MR) is 70.4 cm³/mol. The third-order valence-corrected chi connectivity index (χ3v) is 4.42. The summed E-state index contributed by atoms with van der Waals surface area (Å²) >= 11 is 2.08. The molecule has 0 radical (unpaired) electrons. The van der Waals surface area contributed by atoms with E-state index in [4.69, 9.17) is 5.73 Å². The lowest BCUT2D eigenvalue weighted by Crippen LogP contribution is -2.55. The molecule has 1 unspecified atom stereocenters. The zero-order valence-electron chi connectivity index (χ0n) is 10.8. The molecule has 0 spiro atoms. The van der Waals surface area contributed by atoms with Crippen LogP contribution < -0.4 is 5.73 Å². The molecule has 0 aromatic rings. The Morgan fingerprint density at radius 1 is 1.40 bits per heavy atom. The molecule has 1 atom stereocenters. The van der Waals surface area contributed by atoms with Crippen molar-refractivity contribution in [2.45, 2.75) is 45.4 Å². The van der Waals surface area contributed by atoms with Crippen LogP contribution in [0.25, 0.3) is 0 Å². The molecule has 1 saturated heterocycles. The molecule has 0 aromatic heterocycles. The summed E-state index contributed by atoms with van der Waals surface area (Å²) in [6.07, 6.45) is 0. The van der Waals surface area contributed by atoms with E-state index in [-0.39, 0.29) is 5.41 Å². The fraction of sp³-hybridized carbons (Fsp3) is 1.00. The zero-order valence-corrected chi connectivity index (χ0v) is 11.7. The molecule has 0 bridgehead atoms. The molecule has 2 N–H and O–H groups in total. The summed E-state index contributed by atoms with van der Waals surface area (Å²) in [7, 11) is 0. The molecule has 1 aliphatic rings.